The summed E-state index contributed by atoms with van der Waals surface area (Å²) in [5.41, 5.74) is -3.10. The Hall–Kier alpha value is -0.970. The molecule has 246 valence electrons. The van der Waals surface area contributed by atoms with Crippen molar-refractivity contribution in [2.75, 3.05) is 52.9 Å². The van der Waals surface area contributed by atoms with Crippen LogP contribution in [0.2, 0.25) is 0 Å². The topological polar surface area (TPSA) is 238 Å². The van der Waals surface area contributed by atoms with Crippen molar-refractivity contribution in [1.29, 1.82) is 0 Å². The van der Waals surface area contributed by atoms with E-state index in [1.165, 1.54) is 38.5 Å². The lowest BCUT2D eigenvalue weighted by atomic mass is 9.90. The standard InChI is InChI=1S/C28H56O13/c1-2-3-4-5-6-7-8-9-10-11-12-13-14-23(34)27(36,37)28(38,39)24(35)41-22-26(18-32,19-33)21-40-20-25(15-29,16-30)17-31/h23,29-34,36-39H,2-22H2,1H3. The van der Waals surface area contributed by atoms with Gasteiger partial charge in [-0.1, -0.05) is 84.0 Å². The highest BCUT2D eigenvalue weighted by atomic mass is 16.7. The van der Waals surface area contributed by atoms with Gasteiger partial charge in [-0.3, -0.25) is 0 Å². The molecule has 0 aliphatic heterocycles. The van der Waals surface area contributed by atoms with E-state index in [4.69, 9.17) is 9.47 Å². The number of ether oxygens (including phenoxy) is 2. The van der Waals surface area contributed by atoms with Gasteiger partial charge >= 0.3 is 11.8 Å². The molecule has 0 aromatic carbocycles. The molecule has 0 bridgehead atoms. The Morgan fingerprint density at radius 3 is 1.41 bits per heavy atom. The number of hydrogen-bond donors (Lipinski definition) is 10. The number of carbonyl (C=O) groups excluding carboxylic acids is 1. The SMILES string of the molecule is CCCCCCCCCCCCCCC(O)C(O)(O)C(O)(O)C(=O)OCC(CO)(CO)COCC(CO)(CO)CO. The fourth-order valence-electron chi connectivity index (χ4n) is 4.13. The van der Waals surface area contributed by atoms with Gasteiger partial charge < -0.3 is 60.5 Å². The van der Waals surface area contributed by atoms with Crippen molar-refractivity contribution in [3.8, 4) is 0 Å². The van der Waals surface area contributed by atoms with Crippen LogP contribution in [-0.2, 0) is 14.3 Å². The van der Waals surface area contributed by atoms with Gasteiger partial charge in [0.1, 0.15) is 12.7 Å². The summed E-state index contributed by atoms with van der Waals surface area (Å²) in [6, 6.07) is 0. The zero-order valence-corrected chi connectivity index (χ0v) is 24.6. The van der Waals surface area contributed by atoms with Crippen molar-refractivity contribution in [2.45, 2.75) is 108 Å². The molecule has 0 saturated heterocycles. The van der Waals surface area contributed by atoms with E-state index >= 15 is 0 Å². The first kappa shape index (κ1) is 40.0. The van der Waals surface area contributed by atoms with Crippen molar-refractivity contribution in [1.82, 2.24) is 0 Å². The fraction of sp³-hybridized carbons (Fsp3) is 0.964. The first-order valence-corrected chi connectivity index (χ1v) is 14.7. The van der Waals surface area contributed by atoms with Crippen LogP contribution in [0.3, 0.4) is 0 Å². The molecule has 0 spiro atoms. The minimum absolute atomic E-state index is 0.228. The van der Waals surface area contributed by atoms with E-state index in [9.17, 15) is 55.9 Å². The molecule has 0 amide bonds. The molecular formula is C28H56O13. The number of aliphatic hydroxyl groups excluding tert-OH is 6. The maximum atomic E-state index is 12.4. The van der Waals surface area contributed by atoms with Crippen molar-refractivity contribution in [2.24, 2.45) is 10.8 Å². The number of carbonyl (C=O) groups is 1. The molecular weight excluding hydrogens is 544 g/mol. The summed E-state index contributed by atoms with van der Waals surface area (Å²) < 4.78 is 10.0. The van der Waals surface area contributed by atoms with Crippen molar-refractivity contribution >= 4 is 5.97 Å². The first-order valence-electron chi connectivity index (χ1n) is 14.7. The van der Waals surface area contributed by atoms with Crippen LogP contribution in [-0.4, -0.2) is 128 Å². The molecule has 1 atom stereocenters. The highest BCUT2D eigenvalue weighted by Gasteiger charge is 2.59. The van der Waals surface area contributed by atoms with E-state index in [0.29, 0.717) is 12.8 Å². The Morgan fingerprint density at radius 2 is 1.00 bits per heavy atom. The lowest BCUT2D eigenvalue weighted by molar-refractivity contribution is -0.373. The van der Waals surface area contributed by atoms with E-state index in [-0.39, 0.29) is 6.42 Å². The quantitative estimate of drug-likeness (QED) is 0.0319. The molecule has 13 nitrogen and oxygen atoms in total. The Balaban J connectivity index is 4.68. The maximum Gasteiger partial charge on any atom is 0.372 e. The second-order valence-corrected chi connectivity index (χ2v) is 11.5. The molecule has 10 N–H and O–H groups in total. The van der Waals surface area contributed by atoms with Crippen LogP contribution in [0.25, 0.3) is 0 Å². The second kappa shape index (κ2) is 20.9. The molecule has 0 aliphatic rings. The van der Waals surface area contributed by atoms with Gasteiger partial charge in [0.2, 0.25) is 0 Å². The van der Waals surface area contributed by atoms with Gasteiger partial charge in [0.25, 0.3) is 5.79 Å². The minimum atomic E-state index is -3.94. The number of rotatable bonds is 27. The molecule has 1 unspecified atom stereocenters. The van der Waals surface area contributed by atoms with Gasteiger partial charge in [-0.2, -0.15) is 0 Å². The van der Waals surface area contributed by atoms with Crippen LogP contribution in [0, 0.1) is 10.8 Å². The lowest BCUT2D eigenvalue weighted by Crippen LogP contribution is -2.66. The Kier molecular flexibility index (Phi) is 20.4. The Labute approximate surface area is 243 Å². The highest BCUT2D eigenvalue weighted by Crippen LogP contribution is 2.28. The third-order valence-electron chi connectivity index (χ3n) is 7.60. The van der Waals surface area contributed by atoms with E-state index in [1.807, 2.05) is 0 Å². The van der Waals surface area contributed by atoms with Gasteiger partial charge in [0.15, 0.2) is 0 Å². The Morgan fingerprint density at radius 1 is 0.610 bits per heavy atom. The number of hydrogen-bond acceptors (Lipinski definition) is 13. The largest absolute Gasteiger partial charge is 0.461 e. The van der Waals surface area contributed by atoms with Crippen LogP contribution in [0.5, 0.6) is 0 Å². The summed E-state index contributed by atoms with van der Waals surface area (Å²) in [7, 11) is 0. The van der Waals surface area contributed by atoms with Gasteiger partial charge in [0.05, 0.1) is 57.1 Å². The molecule has 0 radical (unpaired) electrons. The number of unbranched alkanes of at least 4 members (excludes halogenated alkanes) is 11. The van der Waals surface area contributed by atoms with Crippen LogP contribution in [0.15, 0.2) is 0 Å². The van der Waals surface area contributed by atoms with Gasteiger partial charge in [-0.15, -0.1) is 0 Å². The average molecular weight is 601 g/mol. The molecule has 41 heavy (non-hydrogen) atoms. The van der Waals surface area contributed by atoms with Gasteiger partial charge in [-0.05, 0) is 6.42 Å². The molecule has 0 saturated carbocycles. The smallest absolute Gasteiger partial charge is 0.372 e. The van der Waals surface area contributed by atoms with Crippen molar-refractivity contribution < 1.29 is 65.3 Å². The number of aliphatic hydroxyl groups is 10. The monoisotopic (exact) mass is 600 g/mol. The predicted octanol–water partition coefficient (Wildman–Crippen LogP) is -0.706. The molecule has 0 heterocycles. The van der Waals surface area contributed by atoms with Crippen LogP contribution in [0.4, 0.5) is 0 Å². The summed E-state index contributed by atoms with van der Waals surface area (Å²) >= 11 is 0. The normalized spacial score (nSPS) is 13.9. The van der Waals surface area contributed by atoms with Gasteiger partial charge in [-0.25, -0.2) is 4.79 Å². The molecule has 0 aromatic heterocycles. The molecule has 0 fully saturated rings. The fourth-order valence-corrected chi connectivity index (χ4v) is 4.13. The van der Waals surface area contributed by atoms with E-state index < -0.39 is 87.3 Å². The van der Waals surface area contributed by atoms with Crippen LogP contribution < -0.4 is 0 Å². The summed E-state index contributed by atoms with van der Waals surface area (Å²) in [5.74, 6) is -9.57. The molecule has 0 aliphatic carbocycles. The molecule has 13 heteroatoms. The van der Waals surface area contributed by atoms with E-state index in [1.54, 1.807) is 0 Å². The second-order valence-electron chi connectivity index (χ2n) is 11.5. The average Bonchev–Trinajstić information content (AvgIpc) is 2.97. The van der Waals surface area contributed by atoms with Crippen molar-refractivity contribution in [3.05, 3.63) is 0 Å². The first-order chi connectivity index (χ1) is 19.4. The van der Waals surface area contributed by atoms with Crippen LogP contribution >= 0.6 is 0 Å². The van der Waals surface area contributed by atoms with E-state index in [0.717, 1.165) is 25.7 Å². The Bertz CT molecular complexity index is 655. The summed E-state index contributed by atoms with van der Waals surface area (Å²) in [6.45, 7) is -3.12. The molecule has 0 aromatic rings. The summed E-state index contributed by atoms with van der Waals surface area (Å²) in [4.78, 5) is 12.4. The van der Waals surface area contributed by atoms with Gasteiger partial charge in [0, 0.05) is 0 Å². The zero-order chi connectivity index (χ0) is 31.4. The molecule has 0 rings (SSSR count). The van der Waals surface area contributed by atoms with E-state index in [2.05, 4.69) is 6.92 Å². The zero-order valence-electron chi connectivity index (χ0n) is 24.6. The predicted molar refractivity (Wildman–Crippen MR) is 148 cm³/mol. The summed E-state index contributed by atoms with van der Waals surface area (Å²) in [6.07, 6.45) is 10.3. The van der Waals surface area contributed by atoms with Crippen LogP contribution in [0.1, 0.15) is 90.4 Å². The number of esters is 1. The summed E-state index contributed by atoms with van der Waals surface area (Å²) in [5, 5.41) is 98.6. The maximum absolute atomic E-state index is 12.4. The third kappa shape index (κ3) is 13.5. The minimum Gasteiger partial charge on any atom is -0.461 e. The third-order valence-corrected chi connectivity index (χ3v) is 7.60. The highest BCUT2D eigenvalue weighted by molar-refractivity contribution is 5.78. The van der Waals surface area contributed by atoms with Crippen molar-refractivity contribution in [3.63, 3.8) is 0 Å². The lowest BCUT2D eigenvalue weighted by Gasteiger charge is -2.37.